The molecule has 0 aliphatic heterocycles. The van der Waals surface area contributed by atoms with Crippen molar-refractivity contribution in [2.75, 3.05) is 13.1 Å². The highest BCUT2D eigenvalue weighted by atomic mass is 19.1. The van der Waals surface area contributed by atoms with Crippen molar-refractivity contribution >= 4 is 0 Å². The number of benzene rings is 1. The fourth-order valence-corrected chi connectivity index (χ4v) is 1.96. The molecule has 2 N–H and O–H groups in total. The molecular formula is C16H21FN4. The van der Waals surface area contributed by atoms with Crippen LogP contribution in [0.1, 0.15) is 19.4 Å². The van der Waals surface area contributed by atoms with Crippen LogP contribution in [0, 0.1) is 5.82 Å². The van der Waals surface area contributed by atoms with Crippen molar-refractivity contribution in [3.63, 3.8) is 0 Å². The predicted octanol–water partition coefficient (Wildman–Crippen LogP) is 2.37. The monoisotopic (exact) mass is 288 g/mol. The van der Waals surface area contributed by atoms with Crippen LogP contribution < -0.4 is 10.6 Å². The standard InChI is InChI=1S/C16H21FN4/c1-3-18-8-12(2)19-9-13-4-6-14(7-5-13)16-20-10-15(17)11-21-16/h4-7,10-12,18-19H,3,8-9H2,1-2H3/t12-/m0/s1. The lowest BCUT2D eigenvalue weighted by Gasteiger charge is -2.14. The first-order chi connectivity index (χ1) is 10.2. The van der Waals surface area contributed by atoms with E-state index >= 15 is 0 Å². The fourth-order valence-electron chi connectivity index (χ4n) is 1.96. The number of nitrogens with one attached hydrogen (secondary N) is 2. The molecule has 0 fully saturated rings. The van der Waals surface area contributed by atoms with Crippen LogP contribution in [-0.4, -0.2) is 29.1 Å². The second kappa shape index (κ2) is 7.81. The summed E-state index contributed by atoms with van der Waals surface area (Å²) in [6.45, 7) is 7.01. The molecule has 21 heavy (non-hydrogen) atoms. The molecule has 1 heterocycles. The zero-order valence-electron chi connectivity index (χ0n) is 12.4. The van der Waals surface area contributed by atoms with Crippen LogP contribution in [-0.2, 0) is 6.54 Å². The van der Waals surface area contributed by atoms with Gasteiger partial charge in [-0.15, -0.1) is 0 Å². The van der Waals surface area contributed by atoms with Crippen LogP contribution in [0.2, 0.25) is 0 Å². The van der Waals surface area contributed by atoms with E-state index in [-0.39, 0.29) is 0 Å². The number of halogens is 1. The third kappa shape index (κ3) is 4.88. The van der Waals surface area contributed by atoms with E-state index in [0.29, 0.717) is 11.9 Å². The lowest BCUT2D eigenvalue weighted by molar-refractivity contribution is 0.509. The highest BCUT2D eigenvalue weighted by molar-refractivity contribution is 5.54. The molecule has 0 radical (unpaired) electrons. The molecule has 5 heteroatoms. The van der Waals surface area contributed by atoms with Gasteiger partial charge in [0, 0.05) is 24.7 Å². The van der Waals surface area contributed by atoms with Crippen molar-refractivity contribution in [3.8, 4) is 11.4 Å². The molecule has 2 rings (SSSR count). The summed E-state index contributed by atoms with van der Waals surface area (Å²) in [6.07, 6.45) is 2.36. The summed E-state index contributed by atoms with van der Waals surface area (Å²) in [5.41, 5.74) is 2.09. The average molecular weight is 288 g/mol. The second-order valence-corrected chi connectivity index (χ2v) is 5.01. The van der Waals surface area contributed by atoms with Crippen LogP contribution in [0.3, 0.4) is 0 Å². The van der Waals surface area contributed by atoms with Crippen LogP contribution in [0.25, 0.3) is 11.4 Å². The second-order valence-electron chi connectivity index (χ2n) is 5.01. The highest BCUT2D eigenvalue weighted by Gasteiger charge is 2.03. The normalized spacial score (nSPS) is 12.3. The smallest absolute Gasteiger partial charge is 0.159 e. The fraction of sp³-hybridized carbons (Fsp3) is 0.375. The van der Waals surface area contributed by atoms with Gasteiger partial charge in [0.2, 0.25) is 0 Å². The lowest BCUT2D eigenvalue weighted by Crippen LogP contribution is -2.35. The minimum atomic E-state index is -0.422. The summed E-state index contributed by atoms with van der Waals surface area (Å²) >= 11 is 0. The Morgan fingerprint density at radius 2 is 1.81 bits per heavy atom. The molecule has 2 aromatic rings. The van der Waals surface area contributed by atoms with Crippen LogP contribution in [0.15, 0.2) is 36.7 Å². The molecule has 0 saturated carbocycles. The van der Waals surface area contributed by atoms with E-state index in [2.05, 4.69) is 34.4 Å². The number of hydrogen-bond acceptors (Lipinski definition) is 4. The number of aromatic nitrogens is 2. The Hall–Kier alpha value is -1.85. The van der Waals surface area contributed by atoms with Gasteiger partial charge in [-0.1, -0.05) is 31.2 Å². The predicted molar refractivity (Wildman–Crippen MR) is 82.3 cm³/mol. The van der Waals surface area contributed by atoms with Gasteiger partial charge in [-0.3, -0.25) is 0 Å². The van der Waals surface area contributed by atoms with Crippen molar-refractivity contribution in [1.29, 1.82) is 0 Å². The molecule has 112 valence electrons. The molecule has 0 aliphatic rings. The Bertz CT molecular complexity index is 539. The number of rotatable bonds is 7. The van der Waals surface area contributed by atoms with Crippen molar-refractivity contribution in [2.24, 2.45) is 0 Å². The first kappa shape index (κ1) is 15.5. The molecule has 0 bridgehead atoms. The van der Waals surface area contributed by atoms with Crippen molar-refractivity contribution in [2.45, 2.75) is 26.4 Å². The van der Waals surface area contributed by atoms with Gasteiger partial charge in [-0.2, -0.15) is 0 Å². The topological polar surface area (TPSA) is 49.8 Å². The largest absolute Gasteiger partial charge is 0.315 e. The third-order valence-corrected chi connectivity index (χ3v) is 3.19. The maximum Gasteiger partial charge on any atom is 0.159 e. The molecule has 1 aromatic carbocycles. The van der Waals surface area contributed by atoms with Crippen molar-refractivity contribution in [3.05, 3.63) is 48.0 Å². The van der Waals surface area contributed by atoms with Gasteiger partial charge in [0.1, 0.15) is 0 Å². The van der Waals surface area contributed by atoms with E-state index < -0.39 is 5.82 Å². The summed E-state index contributed by atoms with van der Waals surface area (Å²) < 4.78 is 12.8. The minimum absolute atomic E-state index is 0.421. The summed E-state index contributed by atoms with van der Waals surface area (Å²) in [7, 11) is 0. The van der Waals surface area contributed by atoms with Crippen LogP contribution in [0.4, 0.5) is 4.39 Å². The van der Waals surface area contributed by atoms with Gasteiger partial charge in [0.25, 0.3) is 0 Å². The highest BCUT2D eigenvalue weighted by Crippen LogP contribution is 2.15. The van der Waals surface area contributed by atoms with Gasteiger partial charge < -0.3 is 10.6 Å². The van der Waals surface area contributed by atoms with Gasteiger partial charge in [-0.25, -0.2) is 14.4 Å². The number of likely N-dealkylation sites (N-methyl/N-ethyl adjacent to an activating group) is 1. The lowest BCUT2D eigenvalue weighted by atomic mass is 10.1. The Labute approximate surface area is 124 Å². The van der Waals surface area contributed by atoms with Crippen LogP contribution >= 0.6 is 0 Å². The van der Waals surface area contributed by atoms with Crippen molar-refractivity contribution in [1.82, 2.24) is 20.6 Å². The summed E-state index contributed by atoms with van der Waals surface area (Å²) in [5, 5.41) is 6.77. The van der Waals surface area contributed by atoms with Gasteiger partial charge >= 0.3 is 0 Å². The summed E-state index contributed by atoms with van der Waals surface area (Å²) in [4.78, 5) is 7.95. The molecule has 0 unspecified atom stereocenters. The first-order valence-electron chi connectivity index (χ1n) is 7.20. The average Bonchev–Trinajstić information content (AvgIpc) is 2.52. The maximum atomic E-state index is 12.8. The molecule has 0 spiro atoms. The Morgan fingerprint density at radius 1 is 1.14 bits per heavy atom. The van der Waals surface area contributed by atoms with E-state index in [1.165, 1.54) is 18.0 Å². The molecule has 0 saturated heterocycles. The van der Waals surface area contributed by atoms with Gasteiger partial charge in [-0.05, 0) is 19.0 Å². The number of hydrogen-bond donors (Lipinski definition) is 2. The maximum absolute atomic E-state index is 12.8. The molecular weight excluding hydrogens is 267 g/mol. The Morgan fingerprint density at radius 3 is 2.43 bits per heavy atom. The van der Waals surface area contributed by atoms with E-state index in [0.717, 1.165) is 25.2 Å². The zero-order valence-corrected chi connectivity index (χ0v) is 12.4. The first-order valence-corrected chi connectivity index (χ1v) is 7.20. The molecule has 1 aromatic heterocycles. The quantitative estimate of drug-likeness (QED) is 0.821. The molecule has 4 nitrogen and oxygen atoms in total. The third-order valence-electron chi connectivity index (χ3n) is 3.19. The summed E-state index contributed by atoms with van der Waals surface area (Å²) in [6, 6.07) is 8.41. The van der Waals surface area contributed by atoms with E-state index in [1.807, 2.05) is 24.3 Å². The molecule has 0 amide bonds. The van der Waals surface area contributed by atoms with E-state index in [4.69, 9.17) is 0 Å². The van der Waals surface area contributed by atoms with Crippen LogP contribution in [0.5, 0.6) is 0 Å². The summed E-state index contributed by atoms with van der Waals surface area (Å²) in [5.74, 6) is 0.116. The number of nitrogens with zero attached hydrogens (tertiary/aromatic N) is 2. The van der Waals surface area contributed by atoms with Gasteiger partial charge in [0.15, 0.2) is 11.6 Å². The molecule has 1 atom stereocenters. The van der Waals surface area contributed by atoms with E-state index in [1.54, 1.807) is 0 Å². The van der Waals surface area contributed by atoms with Gasteiger partial charge in [0.05, 0.1) is 12.4 Å². The van der Waals surface area contributed by atoms with Crippen molar-refractivity contribution < 1.29 is 4.39 Å². The minimum Gasteiger partial charge on any atom is -0.315 e. The Kier molecular flexibility index (Phi) is 5.78. The SMILES string of the molecule is CCNC[C@H](C)NCc1ccc(-c2ncc(F)cn2)cc1. The van der Waals surface area contributed by atoms with E-state index in [9.17, 15) is 4.39 Å². The Balaban J connectivity index is 1.91. The molecule has 0 aliphatic carbocycles. The zero-order chi connectivity index (χ0) is 15.1.